The smallest absolute Gasteiger partial charge is 0.157 e. The zero-order valence-electron chi connectivity index (χ0n) is 11.0. The first-order chi connectivity index (χ1) is 8.19. The number of hydrogen-bond donors (Lipinski definition) is 1. The minimum Gasteiger partial charge on any atom is -0.377 e. The van der Waals surface area contributed by atoms with Crippen molar-refractivity contribution in [2.24, 2.45) is 5.92 Å². The van der Waals surface area contributed by atoms with Gasteiger partial charge in [0.15, 0.2) is 5.82 Å². The quantitative estimate of drug-likeness (QED) is 0.599. The van der Waals surface area contributed by atoms with E-state index in [9.17, 15) is 0 Å². The van der Waals surface area contributed by atoms with Crippen molar-refractivity contribution in [2.45, 2.75) is 31.9 Å². The third-order valence-electron chi connectivity index (χ3n) is 2.49. The topological polar surface area (TPSA) is 47.0 Å². The van der Waals surface area contributed by atoms with Gasteiger partial charge in [0.1, 0.15) is 17.5 Å². The summed E-state index contributed by atoms with van der Waals surface area (Å²) in [4.78, 5) is 8.79. The van der Waals surface area contributed by atoms with Crippen molar-refractivity contribution in [1.29, 1.82) is 0 Å². The van der Waals surface area contributed by atoms with Gasteiger partial charge in [-0.15, -0.1) is 11.8 Å². The van der Waals surface area contributed by atoms with Gasteiger partial charge in [-0.05, 0) is 5.92 Å². The van der Waals surface area contributed by atoms with Gasteiger partial charge in [0.2, 0.25) is 0 Å². The van der Waals surface area contributed by atoms with E-state index < -0.39 is 0 Å². The normalized spacial score (nSPS) is 12.5. The van der Waals surface area contributed by atoms with Crippen molar-refractivity contribution < 1.29 is 4.74 Å². The lowest BCUT2D eigenvalue weighted by atomic mass is 10.2. The Morgan fingerprint density at radius 1 is 1.47 bits per heavy atom. The summed E-state index contributed by atoms with van der Waals surface area (Å²) >= 11 is 1.78. The molecule has 0 fully saturated rings. The molecule has 1 rings (SSSR count). The number of nitrogens with zero attached hydrogens (tertiary/aromatic N) is 2. The Labute approximate surface area is 108 Å². The highest BCUT2D eigenvalue weighted by molar-refractivity contribution is 7.99. The van der Waals surface area contributed by atoms with Gasteiger partial charge in [0.25, 0.3) is 0 Å². The number of rotatable bonds is 7. The maximum Gasteiger partial charge on any atom is 0.157 e. The lowest BCUT2D eigenvalue weighted by Crippen LogP contribution is -2.03. The van der Waals surface area contributed by atoms with E-state index in [0.717, 1.165) is 22.4 Å². The molecule has 1 N–H and O–H groups in total. The zero-order chi connectivity index (χ0) is 12.7. The molecule has 0 aromatic carbocycles. The first-order valence-corrected chi connectivity index (χ1v) is 6.85. The van der Waals surface area contributed by atoms with Gasteiger partial charge >= 0.3 is 0 Å². The fourth-order valence-corrected chi connectivity index (χ4v) is 2.27. The van der Waals surface area contributed by atoms with E-state index in [0.29, 0.717) is 12.5 Å². The number of hydrogen-bond acceptors (Lipinski definition) is 5. The minimum atomic E-state index is 0.451. The summed E-state index contributed by atoms with van der Waals surface area (Å²) in [5.41, 5.74) is 0. The molecule has 0 saturated heterocycles. The highest BCUT2D eigenvalue weighted by Gasteiger charge is 2.06. The molecule has 5 heteroatoms. The Morgan fingerprint density at radius 2 is 2.24 bits per heavy atom. The fraction of sp³-hybridized carbons (Fsp3) is 0.667. The number of thioether (sulfide) groups is 1. The monoisotopic (exact) mass is 255 g/mol. The molecule has 0 bridgehead atoms. The van der Waals surface area contributed by atoms with Crippen LogP contribution in [0.15, 0.2) is 11.1 Å². The molecule has 0 aliphatic heterocycles. The average molecular weight is 255 g/mol. The second-order valence-corrected chi connectivity index (χ2v) is 5.06. The van der Waals surface area contributed by atoms with Crippen LogP contribution < -0.4 is 5.32 Å². The molecule has 0 aliphatic carbocycles. The van der Waals surface area contributed by atoms with Gasteiger partial charge in [-0.1, -0.05) is 20.3 Å². The minimum absolute atomic E-state index is 0.451. The Bertz CT molecular complexity index is 347. The predicted molar refractivity (Wildman–Crippen MR) is 72.5 cm³/mol. The van der Waals surface area contributed by atoms with Gasteiger partial charge in [0, 0.05) is 26.0 Å². The summed E-state index contributed by atoms with van der Waals surface area (Å²) in [5.74, 6) is 3.37. The van der Waals surface area contributed by atoms with Crippen molar-refractivity contribution in [3.63, 3.8) is 0 Å². The predicted octanol–water partition coefficient (Wildman–Crippen LogP) is 2.80. The summed E-state index contributed by atoms with van der Waals surface area (Å²) in [6.45, 7) is 4.91. The maximum absolute atomic E-state index is 5.07. The molecular formula is C12H21N3OS. The van der Waals surface area contributed by atoms with Crippen LogP contribution in [0.2, 0.25) is 0 Å². The third kappa shape index (κ3) is 4.91. The van der Waals surface area contributed by atoms with Crippen molar-refractivity contribution in [3.8, 4) is 0 Å². The van der Waals surface area contributed by atoms with Gasteiger partial charge < -0.3 is 10.1 Å². The summed E-state index contributed by atoms with van der Waals surface area (Å²) in [6, 6.07) is 1.98. The van der Waals surface area contributed by atoms with Crippen LogP contribution in [-0.4, -0.2) is 29.9 Å². The fourth-order valence-electron chi connectivity index (χ4n) is 1.21. The van der Waals surface area contributed by atoms with E-state index in [4.69, 9.17) is 4.74 Å². The van der Waals surface area contributed by atoms with Crippen molar-refractivity contribution in [1.82, 2.24) is 9.97 Å². The molecule has 1 aromatic heterocycles. The summed E-state index contributed by atoms with van der Waals surface area (Å²) < 4.78 is 5.07. The van der Waals surface area contributed by atoms with Crippen LogP contribution in [0.4, 0.5) is 5.82 Å². The molecular weight excluding hydrogens is 234 g/mol. The largest absolute Gasteiger partial charge is 0.377 e. The third-order valence-corrected chi connectivity index (χ3v) is 3.73. The number of aromatic nitrogens is 2. The van der Waals surface area contributed by atoms with Crippen LogP contribution in [0, 0.1) is 5.92 Å². The Morgan fingerprint density at radius 3 is 2.82 bits per heavy atom. The van der Waals surface area contributed by atoms with Crippen LogP contribution in [0.3, 0.4) is 0 Å². The molecule has 0 amide bonds. The summed E-state index contributed by atoms with van der Waals surface area (Å²) in [6.07, 6.45) is 1.20. The standard InChI is InChI=1S/C12H21N3OS/c1-5-9(2)8-17-12-6-10(13-3)14-11(15-12)7-16-4/h6,9H,5,7-8H2,1-4H3,(H,13,14,15). The van der Waals surface area contributed by atoms with Crippen LogP contribution >= 0.6 is 11.8 Å². The molecule has 1 atom stereocenters. The van der Waals surface area contributed by atoms with Gasteiger partial charge in [0.05, 0.1) is 0 Å². The second-order valence-electron chi connectivity index (χ2n) is 4.02. The summed E-state index contributed by atoms with van der Waals surface area (Å²) in [7, 11) is 3.52. The van der Waals surface area contributed by atoms with E-state index in [-0.39, 0.29) is 0 Å². The Kier molecular flexibility index (Phi) is 6.29. The number of methoxy groups -OCH3 is 1. The van der Waals surface area contributed by atoms with E-state index in [1.165, 1.54) is 6.42 Å². The van der Waals surface area contributed by atoms with Gasteiger partial charge in [-0.2, -0.15) is 0 Å². The van der Waals surface area contributed by atoms with E-state index in [1.807, 2.05) is 13.1 Å². The van der Waals surface area contributed by atoms with Crippen LogP contribution in [0.1, 0.15) is 26.1 Å². The maximum atomic E-state index is 5.07. The molecule has 1 heterocycles. The van der Waals surface area contributed by atoms with Gasteiger partial charge in [-0.25, -0.2) is 9.97 Å². The van der Waals surface area contributed by atoms with E-state index in [1.54, 1.807) is 18.9 Å². The lowest BCUT2D eigenvalue weighted by Gasteiger charge is -2.09. The highest BCUT2D eigenvalue weighted by atomic mass is 32.2. The van der Waals surface area contributed by atoms with Crippen molar-refractivity contribution in [2.75, 3.05) is 25.2 Å². The molecule has 1 aromatic rings. The highest BCUT2D eigenvalue weighted by Crippen LogP contribution is 2.22. The SMILES string of the molecule is CCC(C)CSc1cc(NC)nc(COC)n1. The Hall–Kier alpha value is -0.810. The van der Waals surface area contributed by atoms with Crippen molar-refractivity contribution in [3.05, 3.63) is 11.9 Å². The molecule has 0 saturated carbocycles. The number of anilines is 1. The molecule has 4 nitrogen and oxygen atoms in total. The number of nitrogens with one attached hydrogen (secondary N) is 1. The Balaban J connectivity index is 2.72. The average Bonchev–Trinajstić information content (AvgIpc) is 2.36. The van der Waals surface area contributed by atoms with Crippen LogP contribution in [0.5, 0.6) is 0 Å². The van der Waals surface area contributed by atoms with Crippen LogP contribution in [0.25, 0.3) is 0 Å². The molecule has 0 aliphatic rings. The zero-order valence-corrected chi connectivity index (χ0v) is 11.8. The molecule has 96 valence electrons. The summed E-state index contributed by atoms with van der Waals surface area (Å²) in [5, 5.41) is 4.06. The first-order valence-electron chi connectivity index (χ1n) is 5.87. The van der Waals surface area contributed by atoms with Crippen molar-refractivity contribution >= 4 is 17.6 Å². The molecule has 0 radical (unpaired) electrons. The van der Waals surface area contributed by atoms with Crippen LogP contribution in [-0.2, 0) is 11.3 Å². The van der Waals surface area contributed by atoms with E-state index >= 15 is 0 Å². The van der Waals surface area contributed by atoms with E-state index in [2.05, 4.69) is 29.1 Å². The lowest BCUT2D eigenvalue weighted by molar-refractivity contribution is 0.177. The molecule has 0 spiro atoms. The van der Waals surface area contributed by atoms with Gasteiger partial charge in [-0.3, -0.25) is 0 Å². The second kappa shape index (κ2) is 7.50. The molecule has 17 heavy (non-hydrogen) atoms. The molecule has 1 unspecified atom stereocenters. The first kappa shape index (κ1) is 14.3. The number of ether oxygens (including phenoxy) is 1.